The molecule has 0 aliphatic heterocycles. The molecule has 0 saturated carbocycles. The van der Waals surface area contributed by atoms with Gasteiger partial charge >= 0.3 is 18.2 Å². The first-order chi connectivity index (χ1) is 29.6. The lowest BCUT2D eigenvalue weighted by atomic mass is 10.0. The number of nitrogens with one attached hydrogen (secondary N) is 2. The Balaban J connectivity index is 1.32. The van der Waals surface area contributed by atoms with Gasteiger partial charge in [0.05, 0.1) is 0 Å². The molecule has 5 aromatic rings. The number of anilines is 1. The Morgan fingerprint density at radius 1 is 0.590 bits per heavy atom. The molecule has 14 nitrogen and oxygen atoms in total. The molecule has 5 rings (SSSR count). The summed E-state index contributed by atoms with van der Waals surface area (Å²) < 4.78 is 16.4. The van der Waals surface area contributed by atoms with E-state index < -0.39 is 48.0 Å². The van der Waals surface area contributed by atoms with E-state index in [2.05, 4.69) is 15.6 Å². The molecule has 2 unspecified atom stereocenters. The van der Waals surface area contributed by atoms with Gasteiger partial charge in [-0.3, -0.25) is 9.59 Å². The summed E-state index contributed by atoms with van der Waals surface area (Å²) in [5.41, 5.74) is 16.5. The number of carbonyl (C=O) groups excluding carboxylic acids is 5. The first-order valence-corrected chi connectivity index (χ1v) is 19.8. The summed E-state index contributed by atoms with van der Waals surface area (Å²) in [6.45, 7) is -0.355. The van der Waals surface area contributed by atoms with Crippen LogP contribution in [0.2, 0.25) is 0 Å². The minimum atomic E-state index is -1.17. The van der Waals surface area contributed by atoms with E-state index in [9.17, 15) is 24.0 Å². The van der Waals surface area contributed by atoms with Crippen LogP contribution in [-0.4, -0.2) is 59.5 Å². The van der Waals surface area contributed by atoms with Crippen LogP contribution < -0.4 is 22.1 Å². The Hall–Kier alpha value is -7.48. The minimum Gasteiger partial charge on any atom is -0.459 e. The molecule has 0 spiro atoms. The molecular weight excluding hydrogens is 777 g/mol. The molecule has 0 aliphatic carbocycles. The molecule has 61 heavy (non-hydrogen) atoms. The minimum absolute atomic E-state index is 0.00882. The number of nitrogen functional groups attached to an aromatic ring is 1. The van der Waals surface area contributed by atoms with Crippen LogP contribution >= 0.6 is 0 Å². The van der Waals surface area contributed by atoms with Gasteiger partial charge in [-0.1, -0.05) is 133 Å². The number of esters is 1. The average molecular weight is 827 g/mol. The second-order valence-electron chi connectivity index (χ2n) is 14.1. The van der Waals surface area contributed by atoms with Gasteiger partial charge in [-0.15, -0.1) is 4.99 Å². The fourth-order valence-electron chi connectivity index (χ4n) is 6.08. The third-order valence-electron chi connectivity index (χ3n) is 9.37. The third kappa shape index (κ3) is 15.7. The highest BCUT2D eigenvalue weighted by Gasteiger charge is 2.29. The number of hydrogen-bond acceptors (Lipinski definition) is 9. The molecule has 0 aromatic heterocycles. The van der Waals surface area contributed by atoms with Crippen molar-refractivity contribution < 1.29 is 38.2 Å². The molecule has 14 heteroatoms. The molecular formula is C47H50N6O8. The molecule has 0 radical (unpaired) electrons. The SMILES string of the molecule is N/C(=N\C(=O)OCc1ccccc1)N(CCCC(NC(=O)CCc1ccc(N)cc1)C(=O)NC(Cc1ccccc1)C(=O)OCc1ccccc1)C(=O)OCc1ccccc1. The van der Waals surface area contributed by atoms with Crippen LogP contribution in [-0.2, 0) is 61.3 Å². The number of benzene rings is 5. The van der Waals surface area contributed by atoms with E-state index in [4.69, 9.17) is 25.7 Å². The molecule has 0 fully saturated rings. The van der Waals surface area contributed by atoms with Gasteiger partial charge in [0.15, 0.2) is 0 Å². The lowest BCUT2D eigenvalue weighted by molar-refractivity contribution is -0.149. The van der Waals surface area contributed by atoms with Gasteiger partial charge in [0.25, 0.3) is 0 Å². The summed E-state index contributed by atoms with van der Waals surface area (Å²) in [7, 11) is 0. The zero-order valence-electron chi connectivity index (χ0n) is 33.7. The maximum absolute atomic E-state index is 14.1. The molecule has 5 aromatic carbocycles. The molecule has 316 valence electrons. The van der Waals surface area contributed by atoms with E-state index in [0.717, 1.165) is 27.2 Å². The van der Waals surface area contributed by atoms with Crippen LogP contribution in [0.4, 0.5) is 15.3 Å². The van der Waals surface area contributed by atoms with Gasteiger partial charge in [-0.05, 0) is 59.2 Å². The van der Waals surface area contributed by atoms with E-state index in [1.807, 2.05) is 84.9 Å². The maximum atomic E-state index is 14.1. The molecule has 4 amide bonds. The molecule has 6 N–H and O–H groups in total. The standard InChI is InChI=1S/C47H50N6O8/c48-39-26-23-34(24-27-39)25-28-42(54)50-40(43(55)51-41(30-35-14-5-1-6-15-35)44(56)59-31-36-16-7-2-8-17-36)22-13-29-53(47(58)61-33-38-20-11-4-12-21-38)45(49)52-46(57)60-32-37-18-9-3-10-19-37/h1-12,14-21,23-24,26-27,40-41H,13,22,25,28-33,48H2,(H,50,54)(H,51,55)(H2,49,52,57). The normalized spacial score (nSPS) is 12.0. The fraction of sp³-hybridized carbons (Fsp3) is 0.234. The average Bonchev–Trinajstić information content (AvgIpc) is 3.28. The summed E-state index contributed by atoms with van der Waals surface area (Å²) >= 11 is 0. The zero-order valence-corrected chi connectivity index (χ0v) is 33.7. The van der Waals surface area contributed by atoms with Gasteiger partial charge in [-0.25, -0.2) is 19.3 Å². The Bertz CT molecular complexity index is 2190. The quantitative estimate of drug-likeness (QED) is 0.0243. The molecule has 0 heterocycles. The Labute approximate surface area is 354 Å². The van der Waals surface area contributed by atoms with Crippen LogP contribution in [0.25, 0.3) is 0 Å². The van der Waals surface area contributed by atoms with Crippen molar-refractivity contribution in [3.8, 4) is 0 Å². The Morgan fingerprint density at radius 3 is 1.66 bits per heavy atom. The Kier molecular flexibility index (Phi) is 17.4. The predicted octanol–water partition coefficient (Wildman–Crippen LogP) is 6.23. The molecule has 0 aliphatic rings. The second kappa shape index (κ2) is 23.8. The van der Waals surface area contributed by atoms with Crippen molar-refractivity contribution in [2.45, 2.75) is 64.0 Å². The number of nitrogens with two attached hydrogens (primary N) is 2. The lowest BCUT2D eigenvalue weighted by Crippen LogP contribution is -2.53. The van der Waals surface area contributed by atoms with E-state index in [-0.39, 0.29) is 52.0 Å². The number of aryl methyl sites for hydroxylation is 1. The second-order valence-corrected chi connectivity index (χ2v) is 14.1. The number of carbonyl (C=O) groups is 5. The monoisotopic (exact) mass is 826 g/mol. The van der Waals surface area contributed by atoms with Crippen molar-refractivity contribution in [2.75, 3.05) is 12.3 Å². The first-order valence-electron chi connectivity index (χ1n) is 19.8. The highest BCUT2D eigenvalue weighted by Crippen LogP contribution is 2.13. The van der Waals surface area contributed by atoms with Gasteiger partial charge in [0.2, 0.25) is 17.8 Å². The highest BCUT2D eigenvalue weighted by atomic mass is 16.6. The van der Waals surface area contributed by atoms with Crippen LogP contribution in [0.3, 0.4) is 0 Å². The summed E-state index contributed by atoms with van der Waals surface area (Å²) in [4.78, 5) is 72.1. The number of hydrogen-bond donors (Lipinski definition) is 4. The van der Waals surface area contributed by atoms with Crippen molar-refractivity contribution in [1.29, 1.82) is 0 Å². The van der Waals surface area contributed by atoms with Crippen LogP contribution in [0.15, 0.2) is 151 Å². The van der Waals surface area contributed by atoms with Gasteiger partial charge in [0.1, 0.15) is 31.9 Å². The summed E-state index contributed by atoms with van der Waals surface area (Å²) in [6, 6.07) is 41.0. The first kappa shape index (κ1) is 44.6. The number of nitrogens with zero attached hydrogens (tertiary/aromatic N) is 2. The van der Waals surface area contributed by atoms with Crippen LogP contribution in [0.5, 0.6) is 0 Å². The van der Waals surface area contributed by atoms with Crippen molar-refractivity contribution in [3.05, 3.63) is 173 Å². The van der Waals surface area contributed by atoms with Gasteiger partial charge in [0, 0.05) is 25.1 Å². The Morgan fingerprint density at radius 2 is 1.10 bits per heavy atom. The van der Waals surface area contributed by atoms with Crippen LogP contribution in [0.1, 0.15) is 47.1 Å². The highest BCUT2D eigenvalue weighted by molar-refractivity contribution is 5.98. The largest absolute Gasteiger partial charge is 0.459 e. The van der Waals surface area contributed by atoms with Gasteiger partial charge in [-0.2, -0.15) is 0 Å². The predicted molar refractivity (Wildman–Crippen MR) is 230 cm³/mol. The van der Waals surface area contributed by atoms with Crippen molar-refractivity contribution in [1.82, 2.24) is 15.5 Å². The summed E-state index contributed by atoms with van der Waals surface area (Å²) in [5.74, 6) is -2.23. The summed E-state index contributed by atoms with van der Waals surface area (Å²) in [6.07, 6.45) is -1.36. The number of ether oxygens (including phenoxy) is 3. The lowest BCUT2D eigenvalue weighted by Gasteiger charge is -2.25. The number of guanidine groups is 1. The third-order valence-corrected chi connectivity index (χ3v) is 9.37. The van der Waals surface area contributed by atoms with Crippen molar-refractivity contribution in [2.24, 2.45) is 10.7 Å². The van der Waals surface area contributed by atoms with Crippen molar-refractivity contribution >= 4 is 41.6 Å². The van der Waals surface area contributed by atoms with Crippen molar-refractivity contribution in [3.63, 3.8) is 0 Å². The van der Waals surface area contributed by atoms with E-state index in [1.54, 1.807) is 60.7 Å². The van der Waals surface area contributed by atoms with Gasteiger partial charge < -0.3 is 36.3 Å². The molecule has 0 bridgehead atoms. The van der Waals surface area contributed by atoms with E-state index in [1.165, 1.54) is 0 Å². The molecule has 2 atom stereocenters. The zero-order chi connectivity index (χ0) is 43.2. The number of rotatable bonds is 19. The van der Waals surface area contributed by atoms with Crippen LogP contribution in [0, 0.1) is 0 Å². The number of amides is 4. The summed E-state index contributed by atoms with van der Waals surface area (Å²) in [5, 5.41) is 5.62. The maximum Gasteiger partial charge on any atom is 0.437 e. The topological polar surface area (TPSA) is 205 Å². The fourth-order valence-corrected chi connectivity index (χ4v) is 6.08. The molecule has 0 saturated heterocycles. The number of aliphatic imine (C=N–C) groups is 1. The van der Waals surface area contributed by atoms with E-state index in [0.29, 0.717) is 17.7 Å². The van der Waals surface area contributed by atoms with E-state index >= 15 is 0 Å². The smallest absolute Gasteiger partial charge is 0.437 e.